The van der Waals surface area contributed by atoms with E-state index >= 15 is 0 Å². The first-order valence-electron chi connectivity index (χ1n) is 11.8. The van der Waals surface area contributed by atoms with Gasteiger partial charge in [0.05, 0.1) is 13.1 Å². The summed E-state index contributed by atoms with van der Waals surface area (Å²) in [5, 5.41) is 49.9. The van der Waals surface area contributed by atoms with Crippen LogP contribution in [0.3, 0.4) is 0 Å². The lowest BCUT2D eigenvalue weighted by Crippen LogP contribution is -2.10. The lowest BCUT2D eigenvalue weighted by Gasteiger charge is -2.05. The zero-order chi connectivity index (χ0) is 25.3. The summed E-state index contributed by atoms with van der Waals surface area (Å²) in [6, 6.07) is 11.0. The van der Waals surface area contributed by atoms with E-state index in [-0.39, 0.29) is 0 Å². The maximum atomic E-state index is 4.67. The van der Waals surface area contributed by atoms with Crippen LogP contribution in [0.2, 0.25) is 0 Å². The second-order valence-corrected chi connectivity index (χ2v) is 8.39. The number of aromatic nitrogens is 18. The topological polar surface area (TPSA) is 200 Å². The highest BCUT2D eigenvalue weighted by Gasteiger charge is 2.16. The SMILES string of the molecule is c1cc2nc(c1)-c1nnnn1CCCn1nnc(n1)-c1cccc(n1)-c1nnnn1CCCn1nnc-2n1. The summed E-state index contributed by atoms with van der Waals surface area (Å²) in [7, 11) is 0. The molecule has 0 fully saturated rings. The average molecular weight is 510 g/mol. The van der Waals surface area contributed by atoms with Gasteiger partial charge in [0.15, 0.2) is 0 Å². The molecule has 0 radical (unpaired) electrons. The Morgan fingerprint density at radius 1 is 0.500 bits per heavy atom. The quantitative estimate of drug-likeness (QED) is 0.255. The first-order valence-corrected chi connectivity index (χ1v) is 11.8. The Balaban J connectivity index is 1.24. The van der Waals surface area contributed by atoms with Crippen molar-refractivity contribution in [2.24, 2.45) is 0 Å². The van der Waals surface area contributed by atoms with E-state index in [1.54, 1.807) is 9.36 Å². The van der Waals surface area contributed by atoms with Gasteiger partial charge < -0.3 is 0 Å². The van der Waals surface area contributed by atoms with Crippen LogP contribution in [0.15, 0.2) is 36.4 Å². The molecule has 38 heavy (non-hydrogen) atoms. The number of pyridine rings is 2. The van der Waals surface area contributed by atoms with Crippen molar-refractivity contribution < 1.29 is 0 Å². The molecular formula is C20H18N18. The lowest BCUT2D eigenvalue weighted by atomic mass is 10.2. The van der Waals surface area contributed by atoms with E-state index in [0.29, 0.717) is 85.1 Å². The predicted octanol–water partition coefficient (Wildman–Crippen LogP) is -0.415. The van der Waals surface area contributed by atoms with Crippen molar-refractivity contribution in [1.29, 1.82) is 0 Å². The van der Waals surface area contributed by atoms with Crippen LogP contribution >= 0.6 is 0 Å². The summed E-state index contributed by atoms with van der Waals surface area (Å²) in [6.45, 7) is 2.06. The normalized spacial score (nSPS) is 13.7. The number of tetrazole rings is 4. The molecular weight excluding hydrogens is 492 g/mol. The molecule has 7 rings (SSSR count). The van der Waals surface area contributed by atoms with E-state index in [2.05, 4.69) is 71.8 Å². The number of rotatable bonds is 0. The minimum Gasteiger partial charge on any atom is -0.241 e. The summed E-state index contributed by atoms with van der Waals surface area (Å²) in [4.78, 5) is 12.4. The Bertz CT molecular complexity index is 1580. The van der Waals surface area contributed by atoms with Crippen LogP contribution < -0.4 is 0 Å². The first kappa shape index (κ1) is 21.8. The zero-order valence-electron chi connectivity index (χ0n) is 19.8. The molecule has 0 aliphatic carbocycles. The summed E-state index contributed by atoms with van der Waals surface area (Å²) >= 11 is 0. The summed E-state index contributed by atoms with van der Waals surface area (Å²) < 4.78 is 3.38. The van der Waals surface area contributed by atoms with Crippen LogP contribution in [0.4, 0.5) is 0 Å². The maximum absolute atomic E-state index is 4.67. The Kier molecular flexibility index (Phi) is 5.30. The van der Waals surface area contributed by atoms with Gasteiger partial charge in [-0.05, 0) is 68.4 Å². The maximum Gasteiger partial charge on any atom is 0.223 e. The van der Waals surface area contributed by atoms with Gasteiger partial charge in [0.1, 0.15) is 22.8 Å². The van der Waals surface area contributed by atoms with E-state index in [1.165, 1.54) is 9.59 Å². The second-order valence-electron chi connectivity index (χ2n) is 8.39. The fourth-order valence-electron chi connectivity index (χ4n) is 4.05. The highest BCUT2D eigenvalue weighted by Crippen LogP contribution is 2.20. The molecule has 0 atom stereocenters. The van der Waals surface area contributed by atoms with Crippen LogP contribution in [-0.4, -0.2) is 90.8 Å². The minimum atomic E-state index is 0.408. The zero-order valence-corrected chi connectivity index (χ0v) is 19.8. The third-order valence-electron chi connectivity index (χ3n) is 5.84. The summed E-state index contributed by atoms with van der Waals surface area (Å²) in [5.41, 5.74) is 2.34. The van der Waals surface area contributed by atoms with Crippen molar-refractivity contribution in [3.63, 3.8) is 0 Å². The van der Waals surface area contributed by atoms with Crippen molar-refractivity contribution in [1.82, 2.24) is 90.8 Å². The molecule has 0 saturated carbocycles. The molecule has 1 aliphatic rings. The molecule has 6 aromatic heterocycles. The van der Waals surface area contributed by atoms with Gasteiger partial charge in [0.2, 0.25) is 23.3 Å². The Morgan fingerprint density at radius 2 is 0.974 bits per heavy atom. The molecule has 188 valence electrons. The van der Waals surface area contributed by atoms with E-state index in [0.717, 1.165) is 0 Å². The highest BCUT2D eigenvalue weighted by molar-refractivity contribution is 5.57. The van der Waals surface area contributed by atoms with Gasteiger partial charge in [0, 0.05) is 13.1 Å². The van der Waals surface area contributed by atoms with Gasteiger partial charge in [-0.25, -0.2) is 19.3 Å². The largest absolute Gasteiger partial charge is 0.241 e. The monoisotopic (exact) mass is 510 g/mol. The summed E-state index contributed by atoms with van der Waals surface area (Å²) in [5.74, 6) is 1.88. The summed E-state index contributed by atoms with van der Waals surface area (Å²) in [6.07, 6.45) is 1.32. The molecule has 0 saturated heterocycles. The Morgan fingerprint density at radius 3 is 1.47 bits per heavy atom. The fourth-order valence-corrected chi connectivity index (χ4v) is 4.05. The smallest absolute Gasteiger partial charge is 0.223 e. The van der Waals surface area contributed by atoms with Crippen molar-refractivity contribution in [2.75, 3.05) is 0 Å². The molecule has 0 aromatic carbocycles. The van der Waals surface area contributed by atoms with E-state index < -0.39 is 0 Å². The molecule has 0 amide bonds. The van der Waals surface area contributed by atoms with Gasteiger partial charge >= 0.3 is 0 Å². The first-order chi connectivity index (χ1) is 18.8. The van der Waals surface area contributed by atoms with Crippen molar-refractivity contribution >= 4 is 0 Å². The number of fused-ring (bicyclic) bond motifs is 14. The Hall–Kier alpha value is -5.42. The van der Waals surface area contributed by atoms with E-state index in [1.807, 2.05) is 36.4 Å². The van der Waals surface area contributed by atoms with Crippen molar-refractivity contribution in [3.8, 4) is 46.1 Å². The van der Waals surface area contributed by atoms with Gasteiger partial charge in [-0.3, -0.25) is 0 Å². The fraction of sp³-hybridized carbons (Fsp3) is 0.300. The predicted molar refractivity (Wildman–Crippen MR) is 125 cm³/mol. The molecule has 0 spiro atoms. The van der Waals surface area contributed by atoms with Gasteiger partial charge in [-0.2, -0.15) is 9.59 Å². The minimum absolute atomic E-state index is 0.408. The highest BCUT2D eigenvalue weighted by atomic mass is 15.6. The van der Waals surface area contributed by atoms with Gasteiger partial charge in [0.25, 0.3) is 0 Å². The molecule has 18 nitrogen and oxygen atoms in total. The molecule has 8 bridgehead atoms. The van der Waals surface area contributed by atoms with Gasteiger partial charge in [-0.15, -0.1) is 30.6 Å². The van der Waals surface area contributed by atoms with Crippen molar-refractivity contribution in [3.05, 3.63) is 36.4 Å². The van der Waals surface area contributed by atoms with Crippen LogP contribution in [0, 0.1) is 0 Å². The van der Waals surface area contributed by atoms with Crippen LogP contribution in [0.1, 0.15) is 12.8 Å². The third-order valence-corrected chi connectivity index (χ3v) is 5.84. The standard InChI is InChI=1S/C20H18N18/c1-5-13-17-23-31-37(27-17)11-4-10-36-20(26-30-34-36)16-8-2-6-14(22-16)18-24-32-38(28-18)12-3-9-35-19(25-29-33-35)15(7-1)21-13/h1-2,5-8H,3-4,9-12H2. The van der Waals surface area contributed by atoms with Crippen LogP contribution in [0.25, 0.3) is 46.1 Å². The number of nitrogens with zero attached hydrogens (tertiary/aromatic N) is 18. The molecule has 6 aromatic rings. The second kappa shape index (κ2) is 9.22. The van der Waals surface area contributed by atoms with E-state index in [9.17, 15) is 0 Å². The van der Waals surface area contributed by atoms with Crippen molar-refractivity contribution in [2.45, 2.75) is 39.0 Å². The van der Waals surface area contributed by atoms with E-state index in [4.69, 9.17) is 0 Å². The molecule has 7 heterocycles. The lowest BCUT2D eigenvalue weighted by molar-refractivity contribution is 0.453. The number of aryl methyl sites for hydroxylation is 4. The molecule has 0 unspecified atom stereocenters. The third kappa shape index (κ3) is 4.12. The van der Waals surface area contributed by atoms with Crippen LogP contribution in [-0.2, 0) is 26.2 Å². The van der Waals surface area contributed by atoms with Gasteiger partial charge in [-0.1, -0.05) is 12.1 Å². The Labute approximate surface area is 212 Å². The molecule has 18 heteroatoms. The number of hydrogen-bond acceptors (Lipinski definition) is 14. The number of hydrogen-bond donors (Lipinski definition) is 0. The van der Waals surface area contributed by atoms with Crippen LogP contribution in [0.5, 0.6) is 0 Å². The molecule has 0 N–H and O–H groups in total. The molecule has 1 aliphatic heterocycles. The average Bonchev–Trinajstić information content (AvgIpc) is 3.76.